The highest BCUT2D eigenvalue weighted by atomic mass is 32.3. The van der Waals surface area contributed by atoms with Crippen LogP contribution in [0.2, 0.25) is 0 Å². The molecule has 0 bridgehead atoms. The Morgan fingerprint density at radius 2 is 1.31 bits per heavy atom. The highest BCUT2D eigenvalue weighted by Crippen LogP contribution is 2.37. The third kappa shape index (κ3) is 3.57. The average Bonchev–Trinajstić information content (AvgIpc) is 3.13. The van der Waals surface area contributed by atoms with Gasteiger partial charge in [-0.05, 0) is 42.5 Å². The number of aromatic nitrogens is 1. The lowest BCUT2D eigenvalue weighted by Crippen LogP contribution is -2.37. The van der Waals surface area contributed by atoms with Gasteiger partial charge in [0.05, 0.1) is 21.0 Å². The van der Waals surface area contributed by atoms with E-state index in [4.69, 9.17) is 0 Å². The SMILES string of the molecule is CC(=O)n1cc(N(S(=O)(=O)c2ccccc2)S(=O)(=O)c2ccccc2)c2ccc(F)cc21. The van der Waals surface area contributed by atoms with Crippen molar-refractivity contribution in [2.24, 2.45) is 0 Å². The van der Waals surface area contributed by atoms with E-state index < -0.39 is 31.8 Å². The standard InChI is InChI=1S/C22H17FN2O5S2/c1-16(26)24-15-22(20-13-12-17(23)14-21(20)24)25(31(27,28)18-8-4-2-5-9-18)32(29,30)19-10-6-3-7-11-19/h2-15H,1H3. The van der Waals surface area contributed by atoms with Crippen molar-refractivity contribution in [1.82, 2.24) is 4.57 Å². The van der Waals surface area contributed by atoms with Crippen LogP contribution in [0.1, 0.15) is 11.7 Å². The fourth-order valence-corrected chi connectivity index (χ4v) is 7.10. The van der Waals surface area contributed by atoms with Gasteiger partial charge < -0.3 is 0 Å². The molecule has 0 spiro atoms. The molecule has 0 N–H and O–H groups in total. The second-order valence-electron chi connectivity index (χ2n) is 6.90. The normalized spacial score (nSPS) is 12.1. The third-order valence-corrected chi connectivity index (χ3v) is 8.98. The van der Waals surface area contributed by atoms with Crippen LogP contribution in [0.4, 0.5) is 10.1 Å². The number of halogens is 1. The van der Waals surface area contributed by atoms with Crippen molar-refractivity contribution >= 4 is 42.5 Å². The Labute approximate surface area is 184 Å². The van der Waals surface area contributed by atoms with Crippen LogP contribution >= 0.6 is 0 Å². The number of carbonyl (C=O) groups excluding carboxylic acids is 1. The fraction of sp³-hybridized carbons (Fsp3) is 0.0455. The van der Waals surface area contributed by atoms with Crippen molar-refractivity contribution in [3.8, 4) is 0 Å². The summed E-state index contributed by atoms with van der Waals surface area (Å²) in [7, 11) is -9.29. The minimum Gasteiger partial charge on any atom is -0.285 e. The maximum absolute atomic E-state index is 13.9. The van der Waals surface area contributed by atoms with E-state index in [0.29, 0.717) is 3.71 Å². The maximum atomic E-state index is 13.9. The van der Waals surface area contributed by atoms with Crippen molar-refractivity contribution in [3.05, 3.63) is 90.9 Å². The minimum absolute atomic E-state index is 0.0454. The van der Waals surface area contributed by atoms with Crippen LogP contribution in [0, 0.1) is 5.82 Å². The molecule has 4 aromatic rings. The van der Waals surface area contributed by atoms with Gasteiger partial charge in [0.15, 0.2) is 0 Å². The molecule has 3 aromatic carbocycles. The van der Waals surface area contributed by atoms with Crippen molar-refractivity contribution < 1.29 is 26.0 Å². The van der Waals surface area contributed by atoms with E-state index in [1.807, 2.05) is 0 Å². The van der Waals surface area contributed by atoms with Gasteiger partial charge in [0.2, 0.25) is 5.91 Å². The number of hydrogen-bond acceptors (Lipinski definition) is 5. The van der Waals surface area contributed by atoms with Crippen LogP contribution in [0.3, 0.4) is 0 Å². The van der Waals surface area contributed by atoms with Gasteiger partial charge in [-0.1, -0.05) is 36.4 Å². The summed E-state index contributed by atoms with van der Waals surface area (Å²) in [6, 6.07) is 17.5. The summed E-state index contributed by atoms with van der Waals surface area (Å²) >= 11 is 0. The zero-order valence-corrected chi connectivity index (χ0v) is 18.3. The molecule has 164 valence electrons. The summed E-state index contributed by atoms with van der Waals surface area (Å²) in [6.45, 7) is 1.20. The van der Waals surface area contributed by atoms with Crippen LogP contribution in [-0.2, 0) is 20.0 Å². The maximum Gasteiger partial charge on any atom is 0.277 e. The van der Waals surface area contributed by atoms with E-state index in [1.165, 1.54) is 61.5 Å². The van der Waals surface area contributed by atoms with E-state index in [-0.39, 0.29) is 26.4 Å². The molecule has 7 nitrogen and oxygen atoms in total. The first-order valence-corrected chi connectivity index (χ1v) is 12.2. The van der Waals surface area contributed by atoms with Crippen molar-refractivity contribution in [1.29, 1.82) is 0 Å². The topological polar surface area (TPSA) is 93.5 Å². The molecule has 0 aliphatic carbocycles. The first-order valence-electron chi connectivity index (χ1n) is 9.36. The van der Waals surface area contributed by atoms with Crippen LogP contribution < -0.4 is 3.71 Å². The summed E-state index contributed by atoms with van der Waals surface area (Å²) in [5, 5.41) is 0.0839. The zero-order chi connectivity index (χ0) is 23.1. The predicted molar refractivity (Wildman–Crippen MR) is 118 cm³/mol. The van der Waals surface area contributed by atoms with Gasteiger partial charge in [0, 0.05) is 18.5 Å². The van der Waals surface area contributed by atoms with Gasteiger partial charge in [-0.3, -0.25) is 9.36 Å². The van der Waals surface area contributed by atoms with Crippen LogP contribution in [-0.4, -0.2) is 27.3 Å². The summed E-state index contributed by atoms with van der Waals surface area (Å²) < 4.78 is 69.7. The highest BCUT2D eigenvalue weighted by Gasteiger charge is 2.39. The molecule has 10 heteroatoms. The predicted octanol–water partition coefficient (Wildman–Crippen LogP) is 4.02. The largest absolute Gasteiger partial charge is 0.285 e. The number of rotatable bonds is 5. The van der Waals surface area contributed by atoms with Crippen LogP contribution in [0.25, 0.3) is 10.9 Å². The molecule has 0 aliphatic rings. The average molecular weight is 473 g/mol. The Bertz CT molecular complexity index is 1460. The number of fused-ring (bicyclic) bond motifs is 1. The Hall–Kier alpha value is -3.50. The van der Waals surface area contributed by atoms with Gasteiger partial charge in [-0.15, -0.1) is 0 Å². The van der Waals surface area contributed by atoms with E-state index in [0.717, 1.165) is 22.9 Å². The summed E-state index contributed by atoms with van der Waals surface area (Å²) in [4.78, 5) is 11.7. The molecule has 4 rings (SSSR count). The second-order valence-corrected chi connectivity index (χ2v) is 10.7. The van der Waals surface area contributed by atoms with Crippen LogP contribution in [0.5, 0.6) is 0 Å². The Morgan fingerprint density at radius 3 is 1.78 bits per heavy atom. The summed E-state index contributed by atoms with van der Waals surface area (Å²) in [5.41, 5.74) is -0.244. The molecule has 0 aliphatic heterocycles. The molecular weight excluding hydrogens is 455 g/mol. The second kappa shape index (κ2) is 7.88. The summed E-state index contributed by atoms with van der Waals surface area (Å²) in [5.74, 6) is -1.20. The number of benzene rings is 3. The lowest BCUT2D eigenvalue weighted by molar-refractivity contribution is 0.0941. The molecule has 0 saturated heterocycles. The Balaban J connectivity index is 2.10. The lowest BCUT2D eigenvalue weighted by atomic mass is 10.2. The first-order chi connectivity index (χ1) is 15.1. The Kier molecular flexibility index (Phi) is 5.35. The fourth-order valence-electron chi connectivity index (χ4n) is 3.35. The number of nitrogens with zero attached hydrogens (tertiary/aromatic N) is 2. The van der Waals surface area contributed by atoms with Gasteiger partial charge in [-0.25, -0.2) is 21.2 Å². The number of sulfonamides is 2. The van der Waals surface area contributed by atoms with E-state index in [2.05, 4.69) is 0 Å². The Morgan fingerprint density at radius 1 is 0.812 bits per heavy atom. The summed E-state index contributed by atoms with van der Waals surface area (Å²) in [6.07, 6.45) is 1.09. The van der Waals surface area contributed by atoms with Gasteiger partial charge in [-0.2, -0.15) is 3.71 Å². The molecule has 1 aromatic heterocycles. The monoisotopic (exact) mass is 472 g/mol. The molecule has 0 amide bonds. The molecular formula is C22H17FN2O5S2. The highest BCUT2D eigenvalue weighted by molar-refractivity contribution is 8.10. The van der Waals surface area contributed by atoms with E-state index in [1.54, 1.807) is 12.1 Å². The molecule has 0 radical (unpaired) electrons. The third-order valence-electron chi connectivity index (χ3n) is 4.80. The van der Waals surface area contributed by atoms with Gasteiger partial charge in [0.25, 0.3) is 20.0 Å². The number of hydrogen-bond donors (Lipinski definition) is 0. The van der Waals surface area contributed by atoms with Gasteiger partial charge in [0.1, 0.15) is 5.82 Å². The molecule has 32 heavy (non-hydrogen) atoms. The van der Waals surface area contributed by atoms with E-state index >= 15 is 0 Å². The van der Waals surface area contributed by atoms with Crippen molar-refractivity contribution in [2.45, 2.75) is 16.7 Å². The first kappa shape index (κ1) is 21.7. The van der Waals surface area contributed by atoms with Crippen LogP contribution in [0.15, 0.2) is 94.9 Å². The smallest absolute Gasteiger partial charge is 0.277 e. The molecule has 0 saturated carbocycles. The number of anilines is 1. The molecule has 0 fully saturated rings. The number of carbonyl (C=O) groups is 1. The lowest BCUT2D eigenvalue weighted by Gasteiger charge is -2.23. The molecule has 0 atom stereocenters. The van der Waals surface area contributed by atoms with Gasteiger partial charge >= 0.3 is 0 Å². The quantitative estimate of drug-likeness (QED) is 0.437. The van der Waals surface area contributed by atoms with Crippen molar-refractivity contribution in [3.63, 3.8) is 0 Å². The zero-order valence-electron chi connectivity index (χ0n) is 16.7. The minimum atomic E-state index is -4.65. The molecule has 1 heterocycles. The van der Waals surface area contributed by atoms with Crippen molar-refractivity contribution in [2.75, 3.05) is 3.71 Å². The molecule has 0 unspecified atom stereocenters. The van der Waals surface area contributed by atoms with E-state index in [9.17, 15) is 26.0 Å².